The Bertz CT molecular complexity index is 586. The molecule has 1 aromatic carbocycles. The molecule has 0 fully saturated rings. The highest BCUT2D eigenvalue weighted by molar-refractivity contribution is 6.28. The molecule has 0 saturated heterocycles. The average Bonchev–Trinajstić information content (AvgIpc) is 2.40. The minimum absolute atomic E-state index is 0.196. The van der Waals surface area contributed by atoms with Crippen LogP contribution in [-0.4, -0.2) is 35.6 Å². The number of hydrogen-bond donors (Lipinski definition) is 1. The summed E-state index contributed by atoms with van der Waals surface area (Å²) in [6.07, 6.45) is 0.910. The summed E-state index contributed by atoms with van der Waals surface area (Å²) >= 11 is 5.89. The molecule has 106 valence electrons. The Kier molecular flexibility index (Phi) is 4.74. The molecule has 0 unspecified atom stereocenters. The van der Waals surface area contributed by atoms with Crippen LogP contribution < -0.4 is 10.2 Å². The van der Waals surface area contributed by atoms with E-state index in [1.54, 1.807) is 4.90 Å². The molecule has 20 heavy (non-hydrogen) atoms. The zero-order chi connectivity index (χ0) is 14.5. The van der Waals surface area contributed by atoms with Crippen LogP contribution in [0.2, 0.25) is 5.28 Å². The molecule has 1 N–H and O–H groups in total. The highest BCUT2D eigenvalue weighted by Crippen LogP contribution is 2.12. The van der Waals surface area contributed by atoms with Gasteiger partial charge in [0.05, 0.1) is 0 Å². The maximum Gasteiger partial charge on any atom is 0.230 e. The smallest absolute Gasteiger partial charge is 0.230 e. The number of halogens is 1. The second-order valence-corrected chi connectivity index (χ2v) is 5.06. The summed E-state index contributed by atoms with van der Waals surface area (Å²) in [6.45, 7) is 2.86. The third-order valence-corrected chi connectivity index (χ3v) is 3.10. The van der Waals surface area contributed by atoms with E-state index in [0.717, 1.165) is 13.0 Å². The lowest BCUT2D eigenvalue weighted by atomic mass is 10.1. The van der Waals surface area contributed by atoms with Gasteiger partial charge >= 0.3 is 0 Å². The predicted octanol–water partition coefficient (Wildman–Crippen LogP) is 2.55. The lowest BCUT2D eigenvalue weighted by molar-refractivity contribution is 0.926. The zero-order valence-electron chi connectivity index (χ0n) is 11.9. The zero-order valence-corrected chi connectivity index (χ0v) is 12.6. The third-order valence-electron chi connectivity index (χ3n) is 2.94. The third kappa shape index (κ3) is 3.81. The molecule has 2 aromatic rings. The Morgan fingerprint density at radius 2 is 1.90 bits per heavy atom. The highest BCUT2D eigenvalue weighted by Gasteiger charge is 2.06. The van der Waals surface area contributed by atoms with Crippen molar-refractivity contribution in [1.29, 1.82) is 0 Å². The van der Waals surface area contributed by atoms with Crippen molar-refractivity contribution in [3.8, 4) is 0 Å². The molecule has 0 amide bonds. The first-order valence-corrected chi connectivity index (χ1v) is 6.81. The molecule has 1 aromatic heterocycles. The van der Waals surface area contributed by atoms with Crippen LogP contribution in [0.15, 0.2) is 24.3 Å². The molecule has 2 rings (SSSR count). The van der Waals surface area contributed by atoms with Crippen LogP contribution in [0.3, 0.4) is 0 Å². The van der Waals surface area contributed by atoms with Gasteiger partial charge in [-0.25, -0.2) is 0 Å². The summed E-state index contributed by atoms with van der Waals surface area (Å²) in [5.74, 6) is 1.05. The molecule has 0 saturated carbocycles. The number of aryl methyl sites for hydroxylation is 1. The van der Waals surface area contributed by atoms with Crippen LogP contribution in [0.4, 0.5) is 11.9 Å². The van der Waals surface area contributed by atoms with E-state index in [9.17, 15) is 0 Å². The van der Waals surface area contributed by atoms with E-state index in [1.807, 2.05) is 26.2 Å². The van der Waals surface area contributed by atoms with Crippen molar-refractivity contribution < 1.29 is 0 Å². The number of aromatic nitrogens is 3. The molecule has 0 aliphatic carbocycles. The topological polar surface area (TPSA) is 53.9 Å². The van der Waals surface area contributed by atoms with Crippen molar-refractivity contribution in [2.75, 3.05) is 30.9 Å². The number of benzene rings is 1. The lowest BCUT2D eigenvalue weighted by Crippen LogP contribution is -2.16. The van der Waals surface area contributed by atoms with Gasteiger partial charge in [0.15, 0.2) is 0 Å². The first-order chi connectivity index (χ1) is 9.56. The lowest BCUT2D eigenvalue weighted by Gasteiger charge is -2.12. The quantitative estimate of drug-likeness (QED) is 0.917. The van der Waals surface area contributed by atoms with Crippen molar-refractivity contribution in [2.24, 2.45) is 0 Å². The molecule has 6 heteroatoms. The number of nitrogens with one attached hydrogen (secondary N) is 1. The van der Waals surface area contributed by atoms with Gasteiger partial charge in [0, 0.05) is 20.6 Å². The van der Waals surface area contributed by atoms with Gasteiger partial charge in [-0.15, -0.1) is 0 Å². The first-order valence-electron chi connectivity index (χ1n) is 6.43. The van der Waals surface area contributed by atoms with E-state index in [-0.39, 0.29) is 5.28 Å². The SMILES string of the molecule is Cc1ccccc1CCNc1nc(Cl)nc(N(C)C)n1. The summed E-state index contributed by atoms with van der Waals surface area (Å²) in [5, 5.41) is 3.38. The Balaban J connectivity index is 1.99. The summed E-state index contributed by atoms with van der Waals surface area (Å²) < 4.78 is 0. The number of anilines is 2. The van der Waals surface area contributed by atoms with Gasteiger partial charge in [-0.3, -0.25) is 0 Å². The van der Waals surface area contributed by atoms with Crippen LogP contribution in [0.5, 0.6) is 0 Å². The van der Waals surface area contributed by atoms with Gasteiger partial charge in [0.25, 0.3) is 0 Å². The maximum absolute atomic E-state index is 5.89. The Morgan fingerprint density at radius 3 is 2.60 bits per heavy atom. The summed E-state index contributed by atoms with van der Waals surface area (Å²) in [7, 11) is 3.73. The number of hydrogen-bond acceptors (Lipinski definition) is 5. The molecule has 0 bridgehead atoms. The van der Waals surface area contributed by atoms with Gasteiger partial charge in [0.2, 0.25) is 17.2 Å². The summed E-state index contributed by atoms with van der Waals surface area (Å²) in [5.41, 5.74) is 2.60. The van der Waals surface area contributed by atoms with E-state index < -0.39 is 0 Å². The molecule has 1 heterocycles. The molecule has 0 atom stereocenters. The molecule has 0 aliphatic heterocycles. The van der Waals surface area contributed by atoms with Crippen LogP contribution in [0, 0.1) is 6.92 Å². The van der Waals surface area contributed by atoms with E-state index in [4.69, 9.17) is 11.6 Å². The standard InChI is InChI=1S/C14H18ClN5/c1-10-6-4-5-7-11(10)8-9-16-13-17-12(15)18-14(19-13)20(2)3/h4-7H,8-9H2,1-3H3,(H,16,17,18,19). The molecule has 0 spiro atoms. The fourth-order valence-corrected chi connectivity index (χ4v) is 1.97. The second kappa shape index (κ2) is 6.52. The molecule has 0 radical (unpaired) electrons. The van der Waals surface area contributed by atoms with Crippen molar-refractivity contribution >= 4 is 23.5 Å². The number of rotatable bonds is 5. The predicted molar refractivity (Wildman–Crippen MR) is 82.5 cm³/mol. The van der Waals surface area contributed by atoms with Gasteiger partial charge < -0.3 is 10.2 Å². The van der Waals surface area contributed by atoms with Gasteiger partial charge in [-0.05, 0) is 36.1 Å². The van der Waals surface area contributed by atoms with Crippen LogP contribution in [-0.2, 0) is 6.42 Å². The summed E-state index contributed by atoms with van der Waals surface area (Å²) in [6, 6.07) is 8.33. The van der Waals surface area contributed by atoms with E-state index in [2.05, 4.69) is 39.3 Å². The van der Waals surface area contributed by atoms with Crippen molar-refractivity contribution in [3.05, 3.63) is 40.7 Å². The fraction of sp³-hybridized carbons (Fsp3) is 0.357. The maximum atomic E-state index is 5.89. The molecular weight excluding hydrogens is 274 g/mol. The van der Waals surface area contributed by atoms with E-state index >= 15 is 0 Å². The van der Waals surface area contributed by atoms with Crippen LogP contribution in [0.25, 0.3) is 0 Å². The van der Waals surface area contributed by atoms with Crippen molar-refractivity contribution in [2.45, 2.75) is 13.3 Å². The first kappa shape index (κ1) is 14.5. The van der Waals surface area contributed by atoms with Crippen LogP contribution in [0.1, 0.15) is 11.1 Å². The second-order valence-electron chi connectivity index (χ2n) is 4.73. The molecular formula is C14H18ClN5. The highest BCUT2D eigenvalue weighted by atomic mass is 35.5. The van der Waals surface area contributed by atoms with E-state index in [1.165, 1.54) is 11.1 Å². The average molecular weight is 292 g/mol. The largest absolute Gasteiger partial charge is 0.354 e. The normalized spacial score (nSPS) is 10.4. The molecule has 0 aliphatic rings. The minimum Gasteiger partial charge on any atom is -0.354 e. The van der Waals surface area contributed by atoms with Crippen molar-refractivity contribution in [3.63, 3.8) is 0 Å². The van der Waals surface area contributed by atoms with E-state index in [0.29, 0.717) is 11.9 Å². The van der Waals surface area contributed by atoms with Gasteiger partial charge in [-0.1, -0.05) is 24.3 Å². The Labute approximate surface area is 124 Å². The Morgan fingerprint density at radius 1 is 1.15 bits per heavy atom. The Hall–Kier alpha value is -1.88. The molecule has 5 nitrogen and oxygen atoms in total. The minimum atomic E-state index is 0.196. The monoisotopic (exact) mass is 291 g/mol. The van der Waals surface area contributed by atoms with Gasteiger partial charge in [0.1, 0.15) is 0 Å². The van der Waals surface area contributed by atoms with Crippen molar-refractivity contribution in [1.82, 2.24) is 15.0 Å². The fourth-order valence-electron chi connectivity index (χ4n) is 1.82. The number of nitrogens with zero attached hydrogens (tertiary/aromatic N) is 4. The van der Waals surface area contributed by atoms with Gasteiger partial charge in [-0.2, -0.15) is 15.0 Å². The summed E-state index contributed by atoms with van der Waals surface area (Å²) in [4.78, 5) is 14.2. The van der Waals surface area contributed by atoms with Crippen LogP contribution >= 0.6 is 11.6 Å².